The van der Waals surface area contributed by atoms with Gasteiger partial charge in [0.2, 0.25) is 11.8 Å². The monoisotopic (exact) mass is 392 g/mol. The highest BCUT2D eigenvalue weighted by atomic mass is 19.4. The topological polar surface area (TPSA) is 84.3 Å². The molecular weight excluding hydrogens is 377 g/mol. The Bertz CT molecular complexity index is 1010. The molecule has 3 heterocycles. The SMILES string of the molecule is Cn1ncc(-c2cccc3c2CN(C2CCC(=O)NC2=O)C3=O)c1C(F)(F)F. The van der Waals surface area contributed by atoms with Crippen LogP contribution in [0.2, 0.25) is 0 Å². The Hall–Kier alpha value is -3.17. The Morgan fingerprint density at radius 1 is 1.14 bits per heavy atom. The van der Waals surface area contributed by atoms with Crippen molar-refractivity contribution in [3.63, 3.8) is 0 Å². The second-order valence-corrected chi connectivity index (χ2v) is 6.76. The number of benzene rings is 1. The summed E-state index contributed by atoms with van der Waals surface area (Å²) in [6, 6.07) is 3.71. The van der Waals surface area contributed by atoms with Gasteiger partial charge in [0.1, 0.15) is 11.7 Å². The van der Waals surface area contributed by atoms with Crippen LogP contribution in [-0.4, -0.2) is 38.4 Å². The van der Waals surface area contributed by atoms with Gasteiger partial charge < -0.3 is 4.90 Å². The number of hydrogen-bond donors (Lipinski definition) is 1. The lowest BCUT2D eigenvalue weighted by molar-refractivity contribution is -0.143. The van der Waals surface area contributed by atoms with E-state index in [1.807, 2.05) is 0 Å². The van der Waals surface area contributed by atoms with Gasteiger partial charge in [-0.3, -0.25) is 24.4 Å². The van der Waals surface area contributed by atoms with E-state index in [1.165, 1.54) is 30.1 Å². The van der Waals surface area contributed by atoms with E-state index in [1.54, 1.807) is 0 Å². The Morgan fingerprint density at radius 3 is 2.54 bits per heavy atom. The minimum atomic E-state index is -4.62. The maximum absolute atomic E-state index is 13.5. The third-order valence-electron chi connectivity index (χ3n) is 5.08. The molecule has 28 heavy (non-hydrogen) atoms. The Morgan fingerprint density at radius 2 is 1.86 bits per heavy atom. The summed E-state index contributed by atoms with van der Waals surface area (Å²) in [5.74, 6) is -1.42. The molecule has 4 rings (SSSR count). The second kappa shape index (κ2) is 6.18. The number of imide groups is 1. The van der Waals surface area contributed by atoms with Gasteiger partial charge in [0.15, 0.2) is 0 Å². The molecule has 1 aromatic heterocycles. The molecule has 1 aromatic carbocycles. The summed E-state index contributed by atoms with van der Waals surface area (Å²) >= 11 is 0. The zero-order valence-corrected chi connectivity index (χ0v) is 14.7. The molecule has 1 fully saturated rings. The van der Waals surface area contributed by atoms with Crippen LogP contribution in [-0.2, 0) is 29.4 Å². The number of fused-ring (bicyclic) bond motifs is 1. The minimum Gasteiger partial charge on any atom is -0.322 e. The van der Waals surface area contributed by atoms with E-state index in [2.05, 4.69) is 10.4 Å². The minimum absolute atomic E-state index is 0.0111. The molecule has 2 aromatic rings. The van der Waals surface area contributed by atoms with Gasteiger partial charge in [-0.2, -0.15) is 18.3 Å². The van der Waals surface area contributed by atoms with Crippen molar-refractivity contribution in [2.24, 2.45) is 7.05 Å². The van der Waals surface area contributed by atoms with Gasteiger partial charge in [0.25, 0.3) is 5.91 Å². The molecule has 0 radical (unpaired) electrons. The van der Waals surface area contributed by atoms with E-state index in [9.17, 15) is 27.6 Å². The number of carbonyl (C=O) groups is 3. The number of rotatable bonds is 2. The van der Waals surface area contributed by atoms with Crippen molar-refractivity contribution in [3.8, 4) is 11.1 Å². The first kappa shape index (κ1) is 18.2. The van der Waals surface area contributed by atoms with Crippen LogP contribution in [0, 0.1) is 0 Å². The van der Waals surface area contributed by atoms with E-state index >= 15 is 0 Å². The van der Waals surface area contributed by atoms with Crippen LogP contribution in [0.3, 0.4) is 0 Å². The lowest BCUT2D eigenvalue weighted by Crippen LogP contribution is -2.52. The molecule has 146 valence electrons. The number of aromatic nitrogens is 2. The molecule has 10 heteroatoms. The van der Waals surface area contributed by atoms with Crippen LogP contribution in [0.1, 0.15) is 34.5 Å². The quantitative estimate of drug-likeness (QED) is 0.791. The Balaban J connectivity index is 1.76. The van der Waals surface area contributed by atoms with E-state index in [-0.39, 0.29) is 36.1 Å². The lowest BCUT2D eigenvalue weighted by Gasteiger charge is -2.29. The molecule has 2 aliphatic rings. The van der Waals surface area contributed by atoms with Gasteiger partial charge in [0, 0.05) is 31.1 Å². The van der Waals surface area contributed by atoms with Gasteiger partial charge >= 0.3 is 6.18 Å². The molecule has 0 spiro atoms. The average Bonchev–Trinajstić information content (AvgIpc) is 3.15. The number of carbonyl (C=O) groups excluding carboxylic acids is 3. The number of piperidine rings is 1. The molecule has 7 nitrogen and oxygen atoms in total. The summed E-state index contributed by atoms with van der Waals surface area (Å²) in [5, 5.41) is 5.93. The van der Waals surface area contributed by atoms with Crippen LogP contribution >= 0.6 is 0 Å². The smallest absolute Gasteiger partial charge is 0.322 e. The number of nitrogens with one attached hydrogen (secondary N) is 1. The molecule has 0 saturated carbocycles. The number of nitrogens with zero attached hydrogens (tertiary/aromatic N) is 3. The number of hydrogen-bond acceptors (Lipinski definition) is 4. The fourth-order valence-electron chi connectivity index (χ4n) is 3.81. The van der Waals surface area contributed by atoms with Crippen molar-refractivity contribution in [2.75, 3.05) is 0 Å². The van der Waals surface area contributed by atoms with Crippen LogP contribution in [0.25, 0.3) is 11.1 Å². The fourth-order valence-corrected chi connectivity index (χ4v) is 3.81. The predicted octanol–water partition coefficient (Wildman–Crippen LogP) is 1.87. The van der Waals surface area contributed by atoms with Crippen molar-refractivity contribution in [2.45, 2.75) is 31.6 Å². The standard InChI is InChI=1S/C18H15F3N4O3/c1-24-15(18(19,20)21)11(7-22-24)9-3-2-4-10-12(9)8-25(17(10)28)13-5-6-14(26)23-16(13)27/h2-4,7,13H,5-6,8H2,1H3,(H,23,26,27). The molecule has 2 aliphatic heterocycles. The molecule has 1 N–H and O–H groups in total. The number of aryl methyl sites for hydroxylation is 1. The third kappa shape index (κ3) is 2.76. The summed E-state index contributed by atoms with van der Waals surface area (Å²) in [4.78, 5) is 37.6. The summed E-state index contributed by atoms with van der Waals surface area (Å²) in [6.45, 7) is -0.0111. The Kier molecular flexibility index (Phi) is 4.02. The zero-order chi connectivity index (χ0) is 20.2. The summed E-state index contributed by atoms with van der Waals surface area (Å²) in [6.07, 6.45) is -3.21. The molecule has 0 bridgehead atoms. The van der Waals surface area contributed by atoms with E-state index < -0.39 is 35.6 Å². The summed E-state index contributed by atoms with van der Waals surface area (Å²) in [5.41, 5.74) is -0.117. The highest BCUT2D eigenvalue weighted by Crippen LogP contribution is 2.40. The fraction of sp³-hybridized carbons (Fsp3) is 0.333. The second-order valence-electron chi connectivity index (χ2n) is 6.76. The van der Waals surface area contributed by atoms with E-state index in [4.69, 9.17) is 0 Å². The van der Waals surface area contributed by atoms with Crippen molar-refractivity contribution in [3.05, 3.63) is 41.2 Å². The van der Waals surface area contributed by atoms with Gasteiger partial charge in [-0.15, -0.1) is 0 Å². The maximum atomic E-state index is 13.5. The first-order chi connectivity index (χ1) is 13.2. The van der Waals surface area contributed by atoms with Crippen molar-refractivity contribution >= 4 is 17.7 Å². The molecule has 1 saturated heterocycles. The Labute approximate surface area is 157 Å². The normalized spacial score (nSPS) is 19.8. The van der Waals surface area contributed by atoms with Crippen LogP contribution < -0.4 is 5.32 Å². The number of amides is 3. The first-order valence-corrected chi connectivity index (χ1v) is 8.54. The highest BCUT2D eigenvalue weighted by molar-refractivity contribution is 6.06. The van der Waals surface area contributed by atoms with E-state index in [0.29, 0.717) is 5.56 Å². The number of alkyl halides is 3. The molecule has 3 amide bonds. The predicted molar refractivity (Wildman–Crippen MR) is 89.7 cm³/mol. The van der Waals surface area contributed by atoms with Gasteiger partial charge in [0.05, 0.1) is 6.20 Å². The molecule has 1 atom stereocenters. The average molecular weight is 392 g/mol. The van der Waals surface area contributed by atoms with E-state index in [0.717, 1.165) is 10.9 Å². The van der Waals surface area contributed by atoms with Gasteiger partial charge in [-0.05, 0) is 23.6 Å². The van der Waals surface area contributed by atoms with Crippen LogP contribution in [0.5, 0.6) is 0 Å². The van der Waals surface area contributed by atoms with Crippen molar-refractivity contribution < 1.29 is 27.6 Å². The van der Waals surface area contributed by atoms with Crippen molar-refractivity contribution in [1.82, 2.24) is 20.0 Å². The van der Waals surface area contributed by atoms with Crippen LogP contribution in [0.4, 0.5) is 13.2 Å². The third-order valence-corrected chi connectivity index (χ3v) is 5.08. The summed E-state index contributed by atoms with van der Waals surface area (Å²) < 4.78 is 41.2. The van der Waals surface area contributed by atoms with Crippen LogP contribution in [0.15, 0.2) is 24.4 Å². The van der Waals surface area contributed by atoms with Crippen molar-refractivity contribution in [1.29, 1.82) is 0 Å². The molecular formula is C18H15F3N4O3. The summed E-state index contributed by atoms with van der Waals surface area (Å²) in [7, 11) is 1.20. The first-order valence-electron chi connectivity index (χ1n) is 8.54. The maximum Gasteiger partial charge on any atom is 0.433 e. The lowest BCUT2D eigenvalue weighted by atomic mass is 9.97. The van der Waals surface area contributed by atoms with Gasteiger partial charge in [-0.1, -0.05) is 12.1 Å². The molecule has 0 aliphatic carbocycles. The zero-order valence-electron chi connectivity index (χ0n) is 14.7. The highest BCUT2D eigenvalue weighted by Gasteiger charge is 2.42. The largest absolute Gasteiger partial charge is 0.433 e. The number of halogens is 3. The van der Waals surface area contributed by atoms with Gasteiger partial charge in [-0.25, -0.2) is 0 Å². The molecule has 1 unspecified atom stereocenters.